The molecule has 0 amide bonds. The highest BCUT2D eigenvalue weighted by Crippen LogP contribution is 2.36. The van der Waals surface area contributed by atoms with Crippen LogP contribution in [0.3, 0.4) is 0 Å². The number of halogens is 3. The molecule has 0 aliphatic rings. The molecule has 0 aliphatic carbocycles. The summed E-state index contributed by atoms with van der Waals surface area (Å²) >= 11 is 0. The lowest BCUT2D eigenvalue weighted by Crippen LogP contribution is -2.25. The van der Waals surface area contributed by atoms with Gasteiger partial charge in [0.1, 0.15) is 22.7 Å². The Hall–Kier alpha value is -3.80. The number of hydrogen-bond acceptors (Lipinski definition) is 7. The van der Waals surface area contributed by atoms with Gasteiger partial charge >= 0.3 is 11.9 Å². The maximum absolute atomic E-state index is 13.7. The van der Waals surface area contributed by atoms with Gasteiger partial charge in [-0.1, -0.05) is 0 Å². The molecule has 0 saturated carbocycles. The smallest absolute Gasteiger partial charge is 0.389 e. The van der Waals surface area contributed by atoms with Crippen LogP contribution in [-0.4, -0.2) is 40.2 Å². The predicted molar refractivity (Wildman–Crippen MR) is 110 cm³/mol. The number of alkyl halides is 3. The highest BCUT2D eigenvalue weighted by molar-refractivity contribution is 5.77. The largest absolute Gasteiger partial charge is 0.420 e. The van der Waals surface area contributed by atoms with Crippen LogP contribution in [0, 0.1) is 0 Å². The van der Waals surface area contributed by atoms with Gasteiger partial charge < -0.3 is 20.0 Å². The highest BCUT2D eigenvalue weighted by atomic mass is 19.4. The minimum Gasteiger partial charge on any atom is -0.389 e. The first-order chi connectivity index (χ1) is 15.0. The van der Waals surface area contributed by atoms with Gasteiger partial charge in [0.2, 0.25) is 0 Å². The van der Waals surface area contributed by atoms with Crippen molar-refractivity contribution in [3.63, 3.8) is 0 Å². The van der Waals surface area contributed by atoms with E-state index in [-0.39, 0.29) is 23.5 Å². The van der Waals surface area contributed by atoms with Crippen molar-refractivity contribution in [2.45, 2.75) is 32.2 Å². The summed E-state index contributed by atoms with van der Waals surface area (Å²) in [5.41, 5.74) is -1.14. The number of fused-ring (bicyclic) bond motifs is 1. The minimum atomic E-state index is -4.68. The van der Waals surface area contributed by atoms with Crippen molar-refractivity contribution < 1.29 is 18.3 Å². The maximum atomic E-state index is 13.7. The molecule has 4 aromatic heterocycles. The number of anilines is 2. The second kappa shape index (κ2) is 7.71. The summed E-state index contributed by atoms with van der Waals surface area (Å²) in [5, 5.41) is 12.7. The van der Waals surface area contributed by atoms with Gasteiger partial charge in [0.15, 0.2) is 5.65 Å². The summed E-state index contributed by atoms with van der Waals surface area (Å²) in [7, 11) is 0. The average Bonchev–Trinajstić information content (AvgIpc) is 3.08. The highest BCUT2D eigenvalue weighted by Gasteiger charge is 2.36. The molecular weight excluding hydrogens is 427 g/mol. The number of H-pyrrole nitrogens is 1. The fraction of sp³-hybridized carbons (Fsp3) is 0.250. The Kier molecular flexibility index (Phi) is 5.17. The number of imidazole rings is 1. The van der Waals surface area contributed by atoms with Gasteiger partial charge in [-0.3, -0.25) is 0 Å². The van der Waals surface area contributed by atoms with E-state index < -0.39 is 28.8 Å². The lowest BCUT2D eigenvalue weighted by Gasteiger charge is -2.18. The first kappa shape index (κ1) is 21.4. The van der Waals surface area contributed by atoms with Crippen LogP contribution in [0.5, 0.6) is 0 Å². The third kappa shape index (κ3) is 4.59. The molecule has 9 nitrogen and oxygen atoms in total. The Bertz CT molecular complexity index is 1300. The maximum Gasteiger partial charge on any atom is 0.420 e. The fourth-order valence-electron chi connectivity index (χ4n) is 3.09. The van der Waals surface area contributed by atoms with Crippen LogP contribution in [0.15, 0.2) is 47.9 Å². The topological polar surface area (TPSA) is 122 Å². The molecule has 0 radical (unpaired) electrons. The normalized spacial score (nSPS) is 12.3. The van der Waals surface area contributed by atoms with E-state index in [1.165, 1.54) is 35.6 Å². The van der Waals surface area contributed by atoms with Gasteiger partial charge in [0, 0.05) is 29.7 Å². The Labute approximate surface area is 179 Å². The number of aliphatic hydroxyl groups is 1. The number of nitrogens with one attached hydrogen (secondary N) is 2. The SMILES string of the molecule is CC(C)(O)Cn1cnc2cc(C(F)(F)F)c(Nc3ccc(-c4cnc(=O)[nH]c4)cn3)nc21. The van der Waals surface area contributed by atoms with Crippen LogP contribution in [0.1, 0.15) is 19.4 Å². The van der Waals surface area contributed by atoms with E-state index in [2.05, 4.69) is 30.2 Å². The Morgan fingerprint density at radius 3 is 2.47 bits per heavy atom. The first-order valence-electron chi connectivity index (χ1n) is 9.43. The van der Waals surface area contributed by atoms with E-state index in [4.69, 9.17) is 0 Å². The third-order valence-electron chi connectivity index (χ3n) is 4.47. The molecule has 3 N–H and O–H groups in total. The van der Waals surface area contributed by atoms with E-state index in [9.17, 15) is 23.1 Å². The molecule has 4 heterocycles. The molecule has 4 aromatic rings. The molecule has 0 unspecified atom stereocenters. The zero-order chi connectivity index (χ0) is 23.1. The molecule has 0 atom stereocenters. The second-order valence-electron chi connectivity index (χ2n) is 7.77. The van der Waals surface area contributed by atoms with Crippen LogP contribution in [-0.2, 0) is 12.7 Å². The predicted octanol–water partition coefficient (Wildman–Crippen LogP) is 3.11. The zero-order valence-corrected chi connectivity index (χ0v) is 17.0. The van der Waals surface area contributed by atoms with Crippen molar-refractivity contribution >= 4 is 22.8 Å². The number of aromatic nitrogens is 6. The Morgan fingerprint density at radius 2 is 1.88 bits per heavy atom. The van der Waals surface area contributed by atoms with Crippen LogP contribution < -0.4 is 11.0 Å². The fourth-order valence-corrected chi connectivity index (χ4v) is 3.09. The summed E-state index contributed by atoms with van der Waals surface area (Å²) < 4.78 is 42.5. The summed E-state index contributed by atoms with van der Waals surface area (Å²) in [6.45, 7) is 3.25. The Balaban J connectivity index is 1.71. The number of nitrogens with zero attached hydrogens (tertiary/aromatic N) is 5. The molecule has 32 heavy (non-hydrogen) atoms. The summed E-state index contributed by atoms with van der Waals surface area (Å²) in [4.78, 5) is 29.4. The minimum absolute atomic E-state index is 0.0565. The van der Waals surface area contributed by atoms with Crippen molar-refractivity contribution in [1.29, 1.82) is 0 Å². The lowest BCUT2D eigenvalue weighted by molar-refractivity contribution is -0.137. The first-order valence-corrected chi connectivity index (χ1v) is 9.43. The molecule has 0 bridgehead atoms. The van der Waals surface area contributed by atoms with Gasteiger partial charge in [-0.15, -0.1) is 0 Å². The van der Waals surface area contributed by atoms with Crippen LogP contribution in [0.2, 0.25) is 0 Å². The lowest BCUT2D eigenvalue weighted by atomic mass is 10.1. The average molecular weight is 445 g/mol. The molecule has 0 spiro atoms. The molecule has 0 aliphatic heterocycles. The van der Waals surface area contributed by atoms with Crippen LogP contribution in [0.25, 0.3) is 22.3 Å². The molecule has 4 rings (SSSR count). The van der Waals surface area contributed by atoms with Crippen molar-refractivity contribution in [3.05, 3.63) is 59.2 Å². The van der Waals surface area contributed by atoms with Crippen LogP contribution in [0.4, 0.5) is 24.8 Å². The summed E-state index contributed by atoms with van der Waals surface area (Å²) in [6.07, 6.45) is 0.919. The molecule has 12 heteroatoms. The van der Waals surface area contributed by atoms with Gasteiger partial charge in [-0.2, -0.15) is 13.2 Å². The van der Waals surface area contributed by atoms with Gasteiger partial charge in [-0.25, -0.2) is 24.7 Å². The zero-order valence-electron chi connectivity index (χ0n) is 17.0. The summed E-state index contributed by atoms with van der Waals surface area (Å²) in [5.74, 6) is -0.300. The van der Waals surface area contributed by atoms with E-state index in [0.29, 0.717) is 11.1 Å². The van der Waals surface area contributed by atoms with E-state index in [0.717, 1.165) is 6.07 Å². The monoisotopic (exact) mass is 445 g/mol. The van der Waals surface area contributed by atoms with E-state index in [1.807, 2.05) is 0 Å². The molecular formula is C20H18F3N7O2. The third-order valence-corrected chi connectivity index (χ3v) is 4.47. The van der Waals surface area contributed by atoms with E-state index in [1.54, 1.807) is 19.9 Å². The Morgan fingerprint density at radius 1 is 1.12 bits per heavy atom. The molecule has 0 saturated heterocycles. The number of hydrogen-bond donors (Lipinski definition) is 3. The second-order valence-corrected chi connectivity index (χ2v) is 7.77. The van der Waals surface area contributed by atoms with Crippen molar-refractivity contribution in [1.82, 2.24) is 29.5 Å². The quantitative estimate of drug-likeness (QED) is 0.432. The molecule has 0 aromatic carbocycles. The number of rotatable bonds is 5. The molecule has 166 valence electrons. The van der Waals surface area contributed by atoms with E-state index >= 15 is 0 Å². The van der Waals surface area contributed by atoms with Crippen molar-refractivity contribution in [3.8, 4) is 11.1 Å². The van der Waals surface area contributed by atoms with Crippen LogP contribution >= 0.6 is 0 Å². The standard InChI is InChI=1S/C20H18F3N7O2/c1-19(2,32)9-30-10-27-14-5-13(20(21,22)23)16(29-17(14)30)28-15-4-3-11(6-24-15)12-7-25-18(31)26-8-12/h3-8,10,32H,9H2,1-2H3,(H,24,28,29)(H,25,26,31). The van der Waals surface area contributed by atoms with Gasteiger partial charge in [0.25, 0.3) is 0 Å². The van der Waals surface area contributed by atoms with Gasteiger partial charge in [0.05, 0.1) is 18.5 Å². The number of pyridine rings is 2. The summed E-state index contributed by atoms with van der Waals surface area (Å²) in [6, 6.07) is 4.02. The number of aromatic amines is 1. The molecule has 0 fully saturated rings. The van der Waals surface area contributed by atoms with Crippen molar-refractivity contribution in [2.24, 2.45) is 0 Å². The van der Waals surface area contributed by atoms with Crippen molar-refractivity contribution in [2.75, 3.05) is 5.32 Å². The van der Waals surface area contributed by atoms with Gasteiger partial charge in [-0.05, 0) is 32.0 Å².